The summed E-state index contributed by atoms with van der Waals surface area (Å²) < 4.78 is 1.08. The van der Waals surface area contributed by atoms with Crippen molar-refractivity contribution in [2.24, 2.45) is 0 Å². The second kappa shape index (κ2) is 7.26. The van der Waals surface area contributed by atoms with Crippen molar-refractivity contribution in [3.8, 4) is 0 Å². The van der Waals surface area contributed by atoms with Crippen LogP contribution >= 0.6 is 27.5 Å². The summed E-state index contributed by atoms with van der Waals surface area (Å²) in [4.78, 5) is 0. The number of aryl methyl sites for hydroxylation is 1. The number of halogens is 2. The van der Waals surface area contributed by atoms with Gasteiger partial charge in [0.2, 0.25) is 0 Å². The van der Waals surface area contributed by atoms with Gasteiger partial charge in [-0.15, -0.1) is 0 Å². The molecule has 2 rings (SSSR count). The van der Waals surface area contributed by atoms with Crippen LogP contribution in [-0.2, 0) is 6.42 Å². The van der Waals surface area contributed by atoms with Gasteiger partial charge in [-0.3, -0.25) is 0 Å². The summed E-state index contributed by atoms with van der Waals surface area (Å²) in [5.41, 5.74) is 3.78. The van der Waals surface area contributed by atoms with Crippen molar-refractivity contribution in [2.45, 2.75) is 26.3 Å². The molecule has 0 heterocycles. The summed E-state index contributed by atoms with van der Waals surface area (Å²) in [6, 6.07) is 14.8. The lowest BCUT2D eigenvalue weighted by Gasteiger charge is -2.21. The molecule has 0 bridgehead atoms. The average molecular weight is 353 g/mol. The van der Waals surface area contributed by atoms with Gasteiger partial charge in [0.25, 0.3) is 0 Å². The Kier molecular flexibility index (Phi) is 5.64. The van der Waals surface area contributed by atoms with Crippen LogP contribution in [0, 0.1) is 0 Å². The fourth-order valence-electron chi connectivity index (χ4n) is 2.29. The number of nitrogens with one attached hydrogen (secondary N) is 1. The van der Waals surface area contributed by atoms with Crippen LogP contribution in [0.25, 0.3) is 0 Å². The van der Waals surface area contributed by atoms with E-state index in [-0.39, 0.29) is 6.04 Å². The van der Waals surface area contributed by atoms with Gasteiger partial charge in [-0.1, -0.05) is 65.6 Å². The molecule has 20 heavy (non-hydrogen) atoms. The lowest BCUT2D eigenvalue weighted by molar-refractivity contribution is 0.628. The Morgan fingerprint density at radius 1 is 1.10 bits per heavy atom. The molecule has 0 aliphatic rings. The maximum atomic E-state index is 6.15. The molecule has 1 unspecified atom stereocenters. The maximum Gasteiger partial charge on any atom is 0.0588 e. The van der Waals surface area contributed by atoms with Crippen molar-refractivity contribution >= 4 is 27.5 Å². The smallest absolute Gasteiger partial charge is 0.0588 e. The van der Waals surface area contributed by atoms with Gasteiger partial charge >= 0.3 is 0 Å². The van der Waals surface area contributed by atoms with Crippen molar-refractivity contribution in [2.75, 3.05) is 6.54 Å². The van der Waals surface area contributed by atoms with Crippen LogP contribution < -0.4 is 5.32 Å². The Bertz CT molecular complexity index is 566. The van der Waals surface area contributed by atoms with E-state index in [1.54, 1.807) is 0 Å². The second-order valence-electron chi connectivity index (χ2n) is 4.75. The molecular formula is C17H19BrClN. The molecule has 0 aromatic heterocycles. The summed E-state index contributed by atoms with van der Waals surface area (Å²) in [5.74, 6) is 0. The minimum atomic E-state index is 0.152. The molecule has 0 amide bonds. The number of benzene rings is 2. The molecule has 0 spiro atoms. The zero-order valence-corrected chi connectivity index (χ0v) is 14.1. The molecule has 1 N–H and O–H groups in total. The van der Waals surface area contributed by atoms with E-state index < -0.39 is 0 Å². The van der Waals surface area contributed by atoms with Gasteiger partial charge in [0, 0.05) is 9.50 Å². The summed E-state index contributed by atoms with van der Waals surface area (Å²) in [5, 5.41) is 4.29. The zero-order valence-electron chi connectivity index (χ0n) is 11.8. The van der Waals surface area contributed by atoms with E-state index in [9.17, 15) is 0 Å². The lowest BCUT2D eigenvalue weighted by atomic mass is 9.97. The van der Waals surface area contributed by atoms with Crippen LogP contribution in [0.1, 0.15) is 36.6 Å². The van der Waals surface area contributed by atoms with E-state index in [4.69, 9.17) is 11.6 Å². The highest BCUT2D eigenvalue weighted by molar-refractivity contribution is 9.10. The van der Waals surface area contributed by atoms with Crippen LogP contribution in [0.5, 0.6) is 0 Å². The van der Waals surface area contributed by atoms with Crippen LogP contribution in [0.3, 0.4) is 0 Å². The van der Waals surface area contributed by atoms with Crippen LogP contribution in [-0.4, -0.2) is 6.54 Å². The van der Waals surface area contributed by atoms with Gasteiger partial charge in [0.1, 0.15) is 0 Å². The first-order chi connectivity index (χ1) is 9.65. The zero-order chi connectivity index (χ0) is 14.5. The van der Waals surface area contributed by atoms with E-state index in [1.165, 1.54) is 16.7 Å². The van der Waals surface area contributed by atoms with Gasteiger partial charge in [-0.25, -0.2) is 0 Å². The highest BCUT2D eigenvalue weighted by Crippen LogP contribution is 2.31. The van der Waals surface area contributed by atoms with E-state index in [2.05, 4.69) is 59.4 Å². The van der Waals surface area contributed by atoms with Crippen molar-refractivity contribution in [3.05, 3.63) is 68.7 Å². The molecule has 3 heteroatoms. The number of hydrogen-bond acceptors (Lipinski definition) is 1. The highest BCUT2D eigenvalue weighted by atomic mass is 79.9. The van der Waals surface area contributed by atoms with Crippen LogP contribution in [0.2, 0.25) is 5.02 Å². The van der Waals surface area contributed by atoms with Crippen molar-refractivity contribution in [1.29, 1.82) is 0 Å². The minimum Gasteiger partial charge on any atom is -0.306 e. The molecule has 0 saturated carbocycles. The molecule has 0 radical (unpaired) electrons. The van der Waals surface area contributed by atoms with Gasteiger partial charge < -0.3 is 5.32 Å². The Morgan fingerprint density at radius 2 is 1.80 bits per heavy atom. The molecule has 0 aliphatic carbocycles. The van der Waals surface area contributed by atoms with E-state index in [0.29, 0.717) is 0 Å². The van der Waals surface area contributed by atoms with E-state index >= 15 is 0 Å². The third-order valence-electron chi connectivity index (χ3n) is 3.40. The summed E-state index contributed by atoms with van der Waals surface area (Å²) >= 11 is 9.78. The largest absolute Gasteiger partial charge is 0.306 e. The fourth-order valence-corrected chi connectivity index (χ4v) is 2.95. The van der Waals surface area contributed by atoms with E-state index in [0.717, 1.165) is 22.5 Å². The van der Waals surface area contributed by atoms with E-state index in [1.807, 2.05) is 18.2 Å². The SMILES string of the molecule is CCNC(c1ccc(CC)cc1)c1cc(Cl)ccc1Br. The number of hydrogen-bond donors (Lipinski definition) is 1. The Hall–Kier alpha value is -0.830. The average Bonchev–Trinajstić information content (AvgIpc) is 2.48. The molecular weight excluding hydrogens is 334 g/mol. The molecule has 0 fully saturated rings. The molecule has 2 aromatic rings. The van der Waals surface area contributed by atoms with Crippen molar-refractivity contribution < 1.29 is 0 Å². The first-order valence-corrected chi connectivity index (χ1v) is 8.10. The lowest BCUT2D eigenvalue weighted by Crippen LogP contribution is -2.22. The van der Waals surface area contributed by atoms with Crippen LogP contribution in [0.4, 0.5) is 0 Å². The second-order valence-corrected chi connectivity index (χ2v) is 6.04. The van der Waals surface area contributed by atoms with Gasteiger partial charge in [-0.05, 0) is 47.9 Å². The Morgan fingerprint density at radius 3 is 2.40 bits per heavy atom. The van der Waals surface area contributed by atoms with Crippen molar-refractivity contribution in [3.63, 3.8) is 0 Å². The summed E-state index contributed by atoms with van der Waals surface area (Å²) in [7, 11) is 0. The normalized spacial score (nSPS) is 12.4. The molecule has 2 aromatic carbocycles. The first-order valence-electron chi connectivity index (χ1n) is 6.92. The van der Waals surface area contributed by atoms with Crippen LogP contribution in [0.15, 0.2) is 46.9 Å². The third kappa shape index (κ3) is 3.63. The van der Waals surface area contributed by atoms with Gasteiger partial charge in [0.15, 0.2) is 0 Å². The molecule has 0 aliphatic heterocycles. The maximum absolute atomic E-state index is 6.15. The third-order valence-corrected chi connectivity index (χ3v) is 4.36. The van der Waals surface area contributed by atoms with Gasteiger partial charge in [-0.2, -0.15) is 0 Å². The molecule has 1 atom stereocenters. The monoisotopic (exact) mass is 351 g/mol. The topological polar surface area (TPSA) is 12.0 Å². The standard InChI is InChI=1S/C17H19BrClN/c1-3-12-5-7-13(8-6-12)17(20-4-2)15-11-14(19)9-10-16(15)18/h5-11,17,20H,3-4H2,1-2H3. The minimum absolute atomic E-state index is 0.152. The Balaban J connectivity index is 2.41. The molecule has 106 valence electrons. The quantitative estimate of drug-likeness (QED) is 0.763. The Labute approximate surface area is 134 Å². The fraction of sp³-hybridized carbons (Fsp3) is 0.294. The van der Waals surface area contributed by atoms with Crippen molar-refractivity contribution in [1.82, 2.24) is 5.32 Å². The molecule has 0 saturated heterocycles. The summed E-state index contributed by atoms with van der Waals surface area (Å²) in [6.07, 6.45) is 1.06. The first kappa shape index (κ1) is 15.6. The highest BCUT2D eigenvalue weighted by Gasteiger charge is 2.16. The summed E-state index contributed by atoms with van der Waals surface area (Å²) in [6.45, 7) is 5.19. The number of rotatable bonds is 5. The predicted octanol–water partition coefficient (Wildman–Crippen LogP) is 5.36. The molecule has 1 nitrogen and oxygen atoms in total. The predicted molar refractivity (Wildman–Crippen MR) is 90.5 cm³/mol. The van der Waals surface area contributed by atoms with Gasteiger partial charge in [0.05, 0.1) is 6.04 Å².